The Morgan fingerprint density at radius 2 is 2.31 bits per heavy atom. The molecule has 0 saturated carbocycles. The summed E-state index contributed by atoms with van der Waals surface area (Å²) in [6, 6.07) is 0. The smallest absolute Gasteiger partial charge is 0.234 e. The summed E-state index contributed by atoms with van der Waals surface area (Å²) in [5.74, 6) is 1.10. The highest BCUT2D eigenvalue weighted by Crippen LogP contribution is 2.15. The van der Waals surface area contributed by atoms with Gasteiger partial charge in [0.15, 0.2) is 0 Å². The summed E-state index contributed by atoms with van der Waals surface area (Å²) >= 11 is 1.68. The van der Waals surface area contributed by atoms with Crippen LogP contribution in [0.25, 0.3) is 0 Å². The maximum Gasteiger partial charge on any atom is 0.234 e. The van der Waals surface area contributed by atoms with Crippen molar-refractivity contribution in [1.82, 2.24) is 5.32 Å². The van der Waals surface area contributed by atoms with E-state index >= 15 is 0 Å². The van der Waals surface area contributed by atoms with E-state index in [1.54, 1.807) is 11.8 Å². The minimum absolute atomic E-state index is 0.0995. The number of rotatable bonds is 2. The second kappa shape index (κ2) is 8.38. The molecule has 1 N–H and O–H groups in total. The second-order valence-corrected chi connectivity index (χ2v) is 3.81. The molecule has 1 rings (SSSR count). The van der Waals surface area contributed by atoms with Gasteiger partial charge in [0, 0.05) is 0 Å². The molecule has 1 amide bonds. The Kier molecular flexibility index (Phi) is 8.24. The van der Waals surface area contributed by atoms with E-state index in [0.29, 0.717) is 13.3 Å². The van der Waals surface area contributed by atoms with E-state index in [4.69, 9.17) is 4.74 Å². The number of hydrogen-bond donors (Lipinski definition) is 1. The zero-order valence-corrected chi connectivity index (χ0v) is 9.45. The van der Waals surface area contributed by atoms with Gasteiger partial charge in [0.25, 0.3) is 0 Å². The Hall–Kier alpha value is -0.220. The molecule has 1 saturated heterocycles. The standard InChI is InChI=1S/C7H13NO2S.C2H6/c1-2-11-6-3-4-10-5-8-7(6)9;1-2/h6H,2-5H2,1H3,(H,8,9);1-2H3. The molecule has 13 heavy (non-hydrogen) atoms. The lowest BCUT2D eigenvalue weighted by molar-refractivity contribution is -0.120. The lowest BCUT2D eigenvalue weighted by Gasteiger charge is -2.08. The van der Waals surface area contributed by atoms with Gasteiger partial charge >= 0.3 is 0 Å². The van der Waals surface area contributed by atoms with Gasteiger partial charge in [-0.25, -0.2) is 0 Å². The van der Waals surface area contributed by atoms with Gasteiger partial charge in [-0.15, -0.1) is 11.8 Å². The van der Waals surface area contributed by atoms with E-state index in [9.17, 15) is 4.79 Å². The Balaban J connectivity index is 0.000000671. The van der Waals surface area contributed by atoms with Crippen LogP contribution in [0.1, 0.15) is 27.2 Å². The summed E-state index contributed by atoms with van der Waals surface area (Å²) in [4.78, 5) is 11.2. The molecule has 4 heteroatoms. The van der Waals surface area contributed by atoms with Crippen molar-refractivity contribution < 1.29 is 9.53 Å². The van der Waals surface area contributed by atoms with Crippen LogP contribution in [0.5, 0.6) is 0 Å². The highest BCUT2D eigenvalue weighted by atomic mass is 32.2. The van der Waals surface area contributed by atoms with Crippen LogP contribution in [-0.2, 0) is 9.53 Å². The topological polar surface area (TPSA) is 38.3 Å². The molecule has 0 aromatic heterocycles. The van der Waals surface area contributed by atoms with Gasteiger partial charge in [-0.1, -0.05) is 20.8 Å². The monoisotopic (exact) mass is 205 g/mol. The number of carbonyl (C=O) groups excluding carboxylic acids is 1. The molecule has 0 bridgehead atoms. The Morgan fingerprint density at radius 3 is 2.92 bits per heavy atom. The average molecular weight is 205 g/mol. The maximum absolute atomic E-state index is 11.2. The van der Waals surface area contributed by atoms with Crippen molar-refractivity contribution in [3.8, 4) is 0 Å². The first-order valence-electron chi connectivity index (χ1n) is 4.81. The Labute approximate surface area is 84.6 Å². The van der Waals surface area contributed by atoms with Crippen LogP contribution in [0.4, 0.5) is 0 Å². The fourth-order valence-electron chi connectivity index (χ4n) is 0.990. The predicted octanol–water partition coefficient (Wildman–Crippen LogP) is 1.63. The first-order chi connectivity index (χ1) is 6.34. The molecule has 1 atom stereocenters. The first kappa shape index (κ1) is 12.8. The molecule has 1 fully saturated rings. The van der Waals surface area contributed by atoms with Gasteiger partial charge in [-0.3, -0.25) is 4.79 Å². The molecule has 3 nitrogen and oxygen atoms in total. The molecule has 1 unspecified atom stereocenters. The fourth-order valence-corrected chi connectivity index (χ4v) is 1.89. The number of carbonyl (C=O) groups is 1. The van der Waals surface area contributed by atoms with Crippen molar-refractivity contribution in [3.63, 3.8) is 0 Å². The minimum Gasteiger partial charge on any atom is -0.361 e. The summed E-state index contributed by atoms with van der Waals surface area (Å²) in [5.41, 5.74) is 0. The van der Waals surface area contributed by atoms with Crippen molar-refractivity contribution in [3.05, 3.63) is 0 Å². The zero-order valence-electron chi connectivity index (χ0n) is 8.63. The number of thioether (sulfide) groups is 1. The van der Waals surface area contributed by atoms with Crippen LogP contribution in [0.15, 0.2) is 0 Å². The molecular formula is C9H19NO2S. The van der Waals surface area contributed by atoms with Crippen LogP contribution in [0.3, 0.4) is 0 Å². The molecule has 1 heterocycles. The van der Waals surface area contributed by atoms with Crippen molar-refractivity contribution in [1.29, 1.82) is 0 Å². The van der Waals surface area contributed by atoms with E-state index in [-0.39, 0.29) is 11.2 Å². The van der Waals surface area contributed by atoms with Crippen LogP contribution >= 0.6 is 11.8 Å². The average Bonchev–Trinajstić information content (AvgIpc) is 2.36. The summed E-state index contributed by atoms with van der Waals surface area (Å²) in [5, 5.41) is 2.80. The van der Waals surface area contributed by atoms with Crippen LogP contribution < -0.4 is 5.32 Å². The quantitative estimate of drug-likeness (QED) is 0.744. The highest BCUT2D eigenvalue weighted by molar-refractivity contribution is 8.00. The van der Waals surface area contributed by atoms with Crippen molar-refractivity contribution in [2.75, 3.05) is 19.1 Å². The van der Waals surface area contributed by atoms with E-state index in [0.717, 1.165) is 12.2 Å². The van der Waals surface area contributed by atoms with Gasteiger partial charge in [0.1, 0.15) is 6.73 Å². The molecule has 0 aliphatic carbocycles. The third kappa shape index (κ3) is 5.16. The first-order valence-corrected chi connectivity index (χ1v) is 5.86. The molecule has 1 aliphatic heterocycles. The van der Waals surface area contributed by atoms with E-state index in [2.05, 4.69) is 12.2 Å². The van der Waals surface area contributed by atoms with Gasteiger partial charge in [0.2, 0.25) is 5.91 Å². The van der Waals surface area contributed by atoms with E-state index in [1.165, 1.54) is 0 Å². The summed E-state index contributed by atoms with van der Waals surface area (Å²) < 4.78 is 5.10. The van der Waals surface area contributed by atoms with E-state index < -0.39 is 0 Å². The van der Waals surface area contributed by atoms with Crippen molar-refractivity contribution in [2.45, 2.75) is 32.4 Å². The molecule has 0 radical (unpaired) electrons. The normalized spacial score (nSPS) is 22.4. The number of hydrogen-bond acceptors (Lipinski definition) is 3. The fraction of sp³-hybridized carbons (Fsp3) is 0.889. The van der Waals surface area contributed by atoms with Crippen molar-refractivity contribution >= 4 is 17.7 Å². The second-order valence-electron chi connectivity index (χ2n) is 2.33. The summed E-state index contributed by atoms with van der Waals surface area (Å²) in [7, 11) is 0. The SMILES string of the molecule is CC.CCSC1CCOCNC1=O. The zero-order chi connectivity index (χ0) is 10.1. The molecule has 0 aromatic rings. The Morgan fingerprint density at radius 1 is 1.62 bits per heavy atom. The summed E-state index contributed by atoms with van der Waals surface area (Å²) in [6.07, 6.45) is 0.838. The maximum atomic E-state index is 11.2. The molecular weight excluding hydrogens is 186 g/mol. The van der Waals surface area contributed by atoms with Gasteiger partial charge in [-0.2, -0.15) is 0 Å². The van der Waals surface area contributed by atoms with Crippen LogP contribution in [-0.4, -0.2) is 30.2 Å². The number of nitrogens with one attached hydrogen (secondary N) is 1. The van der Waals surface area contributed by atoms with Gasteiger partial charge in [-0.05, 0) is 12.2 Å². The third-order valence-electron chi connectivity index (χ3n) is 1.53. The molecule has 78 valence electrons. The third-order valence-corrected chi connectivity index (χ3v) is 2.72. The predicted molar refractivity (Wildman–Crippen MR) is 56.8 cm³/mol. The minimum atomic E-state index is 0.0995. The largest absolute Gasteiger partial charge is 0.361 e. The lowest BCUT2D eigenvalue weighted by atomic mass is 10.3. The number of ether oxygens (including phenoxy) is 1. The van der Waals surface area contributed by atoms with Crippen molar-refractivity contribution in [2.24, 2.45) is 0 Å². The number of amides is 1. The molecule has 0 aromatic carbocycles. The van der Waals surface area contributed by atoms with Crippen LogP contribution in [0, 0.1) is 0 Å². The molecule has 1 aliphatic rings. The van der Waals surface area contributed by atoms with E-state index in [1.807, 2.05) is 13.8 Å². The lowest BCUT2D eigenvalue weighted by Crippen LogP contribution is -2.31. The van der Waals surface area contributed by atoms with Gasteiger partial charge < -0.3 is 10.1 Å². The highest BCUT2D eigenvalue weighted by Gasteiger charge is 2.19. The summed E-state index contributed by atoms with van der Waals surface area (Å²) in [6.45, 7) is 7.12. The van der Waals surface area contributed by atoms with Crippen LogP contribution in [0.2, 0.25) is 0 Å². The van der Waals surface area contributed by atoms with Gasteiger partial charge in [0.05, 0.1) is 11.9 Å². The molecule has 0 spiro atoms. The Bertz CT molecular complexity index is 142.